The van der Waals surface area contributed by atoms with Crippen molar-refractivity contribution in [1.29, 1.82) is 5.41 Å². The van der Waals surface area contributed by atoms with Crippen LogP contribution in [0.3, 0.4) is 0 Å². The van der Waals surface area contributed by atoms with Crippen molar-refractivity contribution in [2.45, 2.75) is 13.8 Å². The van der Waals surface area contributed by atoms with Gasteiger partial charge in [-0.1, -0.05) is 0 Å². The second-order valence-corrected chi connectivity index (χ2v) is 3.18. The van der Waals surface area contributed by atoms with Crippen molar-refractivity contribution < 1.29 is 0 Å². The van der Waals surface area contributed by atoms with Gasteiger partial charge in [0.05, 0.1) is 0 Å². The van der Waals surface area contributed by atoms with Gasteiger partial charge in [0.15, 0.2) is 0 Å². The van der Waals surface area contributed by atoms with E-state index >= 15 is 0 Å². The minimum atomic E-state index is 0.971. The van der Waals surface area contributed by atoms with E-state index in [1.54, 1.807) is 0 Å². The van der Waals surface area contributed by atoms with E-state index in [2.05, 4.69) is 27.6 Å². The van der Waals surface area contributed by atoms with Crippen molar-refractivity contribution in [2.75, 3.05) is 0 Å². The van der Waals surface area contributed by atoms with Crippen LogP contribution < -0.4 is 0 Å². The van der Waals surface area contributed by atoms with Crippen molar-refractivity contribution in [1.82, 2.24) is 0 Å². The molecule has 0 amide bonds. The highest BCUT2D eigenvalue weighted by Crippen LogP contribution is 2.10. The molecule has 0 unspecified atom stereocenters. The molecule has 0 aliphatic rings. The number of nitrogens with one attached hydrogen (secondary N) is 1. The summed E-state index contributed by atoms with van der Waals surface area (Å²) in [5, 5.41) is 6.64. The first kappa shape index (κ1) is 8.81. The van der Waals surface area contributed by atoms with E-state index in [1.165, 1.54) is 12.4 Å². The fraction of sp³-hybridized carbons (Fsp3) is 0.333. The summed E-state index contributed by atoms with van der Waals surface area (Å²) in [6.07, 6.45) is 2.64. The predicted octanol–water partition coefficient (Wildman–Crippen LogP) is 2.39. The van der Waals surface area contributed by atoms with Crippen molar-refractivity contribution in [3.63, 3.8) is 0 Å². The number of halogens is 1. The van der Waals surface area contributed by atoms with Crippen molar-refractivity contribution >= 4 is 35.0 Å². The molecule has 0 aromatic carbocycles. The van der Waals surface area contributed by atoms with Gasteiger partial charge in [-0.15, -0.1) is 0 Å². The summed E-state index contributed by atoms with van der Waals surface area (Å²) in [4.78, 5) is 3.95. The van der Waals surface area contributed by atoms with Crippen LogP contribution in [0.15, 0.2) is 14.3 Å². The average molecular weight is 236 g/mol. The largest absolute Gasteiger partial charge is 0.307 e. The Balaban J connectivity index is 4.06. The molecule has 0 atom stereocenters. The van der Waals surface area contributed by atoms with Gasteiger partial charge in [0.1, 0.15) is 0 Å². The van der Waals surface area contributed by atoms with Gasteiger partial charge >= 0.3 is 0 Å². The number of aliphatic imine (C=N–C) groups is 1. The maximum absolute atomic E-state index is 6.64. The lowest BCUT2D eigenvalue weighted by Gasteiger charge is -1.89. The maximum Gasteiger partial charge on any atom is 0.0462 e. The fourth-order valence-electron chi connectivity index (χ4n) is 0.238. The molecular weight excluding hydrogens is 227 g/mol. The van der Waals surface area contributed by atoms with Gasteiger partial charge in [-0.25, -0.2) is 0 Å². The second kappa shape index (κ2) is 4.67. The summed E-state index contributed by atoms with van der Waals surface area (Å²) in [5.74, 6) is 0. The van der Waals surface area contributed by atoms with Gasteiger partial charge in [0.25, 0.3) is 0 Å². The summed E-state index contributed by atoms with van der Waals surface area (Å²) in [7, 11) is 0. The van der Waals surface area contributed by atoms with Gasteiger partial charge < -0.3 is 5.41 Å². The average Bonchev–Trinajstić information content (AvgIpc) is 1.82. The first-order chi connectivity index (χ1) is 4.18. The van der Waals surface area contributed by atoms with E-state index in [9.17, 15) is 0 Å². The molecule has 0 spiro atoms. The van der Waals surface area contributed by atoms with Crippen LogP contribution in [-0.2, 0) is 0 Å². The summed E-state index contributed by atoms with van der Waals surface area (Å²) in [6, 6.07) is 0. The molecule has 0 aromatic heterocycles. The smallest absolute Gasteiger partial charge is 0.0462 e. The number of rotatable bonds is 2. The highest BCUT2D eigenvalue weighted by Gasteiger charge is 1.84. The third kappa shape index (κ3) is 4.32. The summed E-state index contributed by atoms with van der Waals surface area (Å²) in [6.45, 7) is 3.90. The second-order valence-electron chi connectivity index (χ2n) is 1.56. The molecular formula is C6H9IN2. The van der Waals surface area contributed by atoms with E-state index in [0.717, 1.165) is 9.28 Å². The summed E-state index contributed by atoms with van der Waals surface area (Å²) in [5.41, 5.74) is 0.971. The van der Waals surface area contributed by atoms with Gasteiger partial charge in [-0.3, -0.25) is 4.99 Å². The topological polar surface area (TPSA) is 36.2 Å². The lowest BCUT2D eigenvalue weighted by atomic mass is 10.5. The lowest BCUT2D eigenvalue weighted by Crippen LogP contribution is -1.75. The first-order valence-electron chi connectivity index (χ1n) is 2.54. The Kier molecular flexibility index (Phi) is 4.57. The molecule has 50 valence electrons. The minimum Gasteiger partial charge on any atom is -0.307 e. The number of hydrogen-bond acceptors (Lipinski definition) is 2. The zero-order valence-corrected chi connectivity index (χ0v) is 7.64. The molecule has 0 aliphatic heterocycles. The van der Waals surface area contributed by atoms with Gasteiger partial charge in [0, 0.05) is 21.7 Å². The van der Waals surface area contributed by atoms with Gasteiger partial charge in [0.2, 0.25) is 0 Å². The molecule has 0 aliphatic carbocycles. The van der Waals surface area contributed by atoms with Crippen LogP contribution in [0, 0.1) is 5.41 Å². The Bertz CT molecular complexity index is 154. The summed E-state index contributed by atoms with van der Waals surface area (Å²) < 4.78 is 1.16. The zero-order chi connectivity index (χ0) is 7.28. The molecule has 0 fully saturated rings. The fourth-order valence-corrected chi connectivity index (χ4v) is 0.377. The normalized spacial score (nSPS) is 13.7. The number of hydrogen-bond donors (Lipinski definition) is 1. The van der Waals surface area contributed by atoms with Gasteiger partial charge in [-0.05, 0) is 36.4 Å². The molecule has 0 heterocycles. The first-order valence-corrected chi connectivity index (χ1v) is 3.62. The number of nitrogens with zero attached hydrogens (tertiary/aromatic N) is 1. The Hall–Kier alpha value is -0.190. The van der Waals surface area contributed by atoms with Crippen LogP contribution in [0.5, 0.6) is 0 Å². The maximum atomic E-state index is 6.64. The number of allylic oxidation sites excluding steroid dienone is 2. The Morgan fingerprint density at radius 2 is 2.11 bits per heavy atom. The van der Waals surface area contributed by atoms with E-state index in [1.807, 2.05) is 13.8 Å². The molecule has 1 N–H and O–H groups in total. The SMILES string of the molecule is CC(I)=C(C)N=CC=N. The minimum absolute atomic E-state index is 0.971. The Labute approximate surface area is 68.7 Å². The molecule has 0 radical (unpaired) electrons. The zero-order valence-electron chi connectivity index (χ0n) is 5.48. The van der Waals surface area contributed by atoms with Crippen LogP contribution >= 0.6 is 22.6 Å². The van der Waals surface area contributed by atoms with Gasteiger partial charge in [-0.2, -0.15) is 0 Å². The van der Waals surface area contributed by atoms with Crippen molar-refractivity contribution in [2.24, 2.45) is 4.99 Å². The standard InChI is InChI=1S/C6H9IN2/c1-5(7)6(2)9-4-3-8/h3-4,8H,1-2H3. The molecule has 0 aromatic rings. The van der Waals surface area contributed by atoms with Crippen LogP contribution in [0.25, 0.3) is 0 Å². The van der Waals surface area contributed by atoms with Crippen molar-refractivity contribution in [3.8, 4) is 0 Å². The van der Waals surface area contributed by atoms with Crippen molar-refractivity contribution in [3.05, 3.63) is 9.28 Å². The lowest BCUT2D eigenvalue weighted by molar-refractivity contribution is 1.29. The molecule has 3 heteroatoms. The Morgan fingerprint density at radius 3 is 2.44 bits per heavy atom. The van der Waals surface area contributed by atoms with Crippen LogP contribution in [0.2, 0.25) is 0 Å². The van der Waals surface area contributed by atoms with E-state index in [0.29, 0.717) is 0 Å². The third-order valence-corrected chi connectivity index (χ3v) is 1.62. The molecule has 0 rings (SSSR count). The highest BCUT2D eigenvalue weighted by molar-refractivity contribution is 14.1. The summed E-state index contributed by atoms with van der Waals surface area (Å²) >= 11 is 2.20. The van der Waals surface area contributed by atoms with E-state index < -0.39 is 0 Å². The molecule has 0 saturated carbocycles. The Morgan fingerprint density at radius 1 is 1.56 bits per heavy atom. The predicted molar refractivity (Wildman–Crippen MR) is 49.7 cm³/mol. The highest BCUT2D eigenvalue weighted by atomic mass is 127. The monoisotopic (exact) mass is 236 g/mol. The van der Waals surface area contributed by atoms with E-state index in [-0.39, 0.29) is 0 Å². The molecule has 0 saturated heterocycles. The molecule has 0 bridgehead atoms. The van der Waals surface area contributed by atoms with Crippen LogP contribution in [-0.4, -0.2) is 12.4 Å². The third-order valence-electron chi connectivity index (χ3n) is 0.841. The van der Waals surface area contributed by atoms with Crippen LogP contribution in [0.1, 0.15) is 13.8 Å². The molecule has 9 heavy (non-hydrogen) atoms. The molecule has 2 nitrogen and oxygen atoms in total. The quantitative estimate of drug-likeness (QED) is 0.564. The van der Waals surface area contributed by atoms with Crippen LogP contribution in [0.4, 0.5) is 0 Å². The van der Waals surface area contributed by atoms with E-state index in [4.69, 9.17) is 5.41 Å².